The number of benzene rings is 3. The highest BCUT2D eigenvalue weighted by Gasteiger charge is 2.27. The van der Waals surface area contributed by atoms with Gasteiger partial charge in [0.25, 0.3) is 5.91 Å². The number of carbonyl (C=O) groups excluding carboxylic acids is 2. The molecule has 0 radical (unpaired) electrons. The predicted molar refractivity (Wildman–Crippen MR) is 133 cm³/mol. The maximum Gasteiger partial charge on any atom is 0.255 e. The van der Waals surface area contributed by atoms with Gasteiger partial charge in [-0.3, -0.25) is 9.59 Å². The Hall–Kier alpha value is -3.49. The number of nitrogens with zero attached hydrogens (tertiary/aromatic N) is 1. The van der Waals surface area contributed by atoms with E-state index in [1.807, 2.05) is 26.0 Å². The van der Waals surface area contributed by atoms with E-state index in [2.05, 4.69) is 10.0 Å². The lowest BCUT2D eigenvalue weighted by molar-refractivity contribution is -0.133. The lowest BCUT2D eigenvalue weighted by Gasteiger charge is -2.28. The van der Waals surface area contributed by atoms with Crippen LogP contribution in [-0.2, 0) is 14.8 Å². The zero-order chi connectivity index (χ0) is 24.9. The van der Waals surface area contributed by atoms with E-state index >= 15 is 0 Å². The smallest absolute Gasteiger partial charge is 0.255 e. The molecule has 2 atom stereocenters. The third-order valence-electron chi connectivity index (χ3n) is 5.63. The summed E-state index contributed by atoms with van der Waals surface area (Å²) in [5.41, 5.74) is 2.89. The number of carbonyl (C=O) groups is 2. The van der Waals surface area contributed by atoms with Gasteiger partial charge >= 0.3 is 0 Å². The van der Waals surface area contributed by atoms with Crippen LogP contribution in [0.4, 0.5) is 5.69 Å². The van der Waals surface area contributed by atoms with Crippen LogP contribution in [0.2, 0.25) is 0 Å². The van der Waals surface area contributed by atoms with Crippen LogP contribution in [-0.4, -0.2) is 38.2 Å². The van der Waals surface area contributed by atoms with Gasteiger partial charge in [-0.25, -0.2) is 8.42 Å². The van der Waals surface area contributed by atoms with Gasteiger partial charge in [-0.1, -0.05) is 48.0 Å². The first-order valence-electron chi connectivity index (χ1n) is 10.9. The highest BCUT2D eigenvalue weighted by molar-refractivity contribution is 7.89. The van der Waals surface area contributed by atoms with E-state index in [4.69, 9.17) is 0 Å². The van der Waals surface area contributed by atoms with Crippen molar-refractivity contribution in [1.29, 1.82) is 0 Å². The van der Waals surface area contributed by atoms with Crippen molar-refractivity contribution in [3.8, 4) is 0 Å². The summed E-state index contributed by atoms with van der Waals surface area (Å²) in [4.78, 5) is 27.0. The minimum absolute atomic E-state index is 0.107. The highest BCUT2D eigenvalue weighted by atomic mass is 32.2. The van der Waals surface area contributed by atoms with Crippen molar-refractivity contribution in [2.75, 3.05) is 12.4 Å². The van der Waals surface area contributed by atoms with Crippen molar-refractivity contribution >= 4 is 27.5 Å². The van der Waals surface area contributed by atoms with Crippen LogP contribution in [0.15, 0.2) is 83.8 Å². The molecule has 0 fully saturated rings. The first-order valence-corrected chi connectivity index (χ1v) is 12.4. The Balaban J connectivity index is 1.68. The van der Waals surface area contributed by atoms with Crippen LogP contribution in [0.25, 0.3) is 0 Å². The number of hydrogen-bond acceptors (Lipinski definition) is 4. The Morgan fingerprint density at radius 1 is 0.882 bits per heavy atom. The number of hydrogen-bond donors (Lipinski definition) is 2. The molecule has 2 N–H and O–H groups in total. The van der Waals surface area contributed by atoms with E-state index in [1.54, 1.807) is 61.6 Å². The van der Waals surface area contributed by atoms with Gasteiger partial charge in [0.2, 0.25) is 15.9 Å². The zero-order valence-corrected chi connectivity index (χ0v) is 20.5. The minimum atomic E-state index is -3.84. The van der Waals surface area contributed by atoms with Gasteiger partial charge in [-0.2, -0.15) is 4.72 Å². The summed E-state index contributed by atoms with van der Waals surface area (Å²) in [7, 11) is -2.21. The standard InChI is InChI=1S/C26H29N3O4S/c1-18-13-15-24(16-14-18)34(32,33)28-19(2)26(31)29(4)20(3)22-11-8-12-23(17-22)27-25(30)21-9-6-5-7-10-21/h5-17,19-20,28H,1-4H3,(H,27,30). The molecule has 0 aliphatic rings. The summed E-state index contributed by atoms with van der Waals surface area (Å²) in [6, 6.07) is 21.2. The van der Waals surface area contributed by atoms with Gasteiger partial charge in [0.15, 0.2) is 0 Å². The molecule has 0 saturated heterocycles. The summed E-state index contributed by atoms with van der Waals surface area (Å²) >= 11 is 0. The van der Waals surface area contributed by atoms with Crippen LogP contribution in [0.3, 0.4) is 0 Å². The van der Waals surface area contributed by atoms with Crippen molar-refractivity contribution in [2.24, 2.45) is 0 Å². The Morgan fingerprint density at radius 2 is 1.53 bits per heavy atom. The zero-order valence-electron chi connectivity index (χ0n) is 19.6. The molecule has 34 heavy (non-hydrogen) atoms. The fourth-order valence-electron chi connectivity index (χ4n) is 3.46. The van der Waals surface area contributed by atoms with Gasteiger partial charge in [0, 0.05) is 18.3 Å². The normalized spacial score (nSPS) is 13.1. The highest BCUT2D eigenvalue weighted by Crippen LogP contribution is 2.23. The SMILES string of the molecule is Cc1ccc(S(=O)(=O)NC(C)C(=O)N(C)C(C)c2cccc(NC(=O)c3ccccc3)c2)cc1. The Kier molecular flexibility index (Phi) is 7.86. The molecule has 0 aliphatic carbocycles. The third kappa shape index (κ3) is 6.09. The number of aryl methyl sites for hydroxylation is 1. The predicted octanol–water partition coefficient (Wildman–Crippen LogP) is 4.13. The number of amides is 2. The van der Waals surface area contributed by atoms with Crippen LogP contribution >= 0.6 is 0 Å². The minimum Gasteiger partial charge on any atom is -0.338 e. The largest absolute Gasteiger partial charge is 0.338 e. The Bertz CT molecular complexity index is 1260. The molecule has 7 nitrogen and oxygen atoms in total. The van der Waals surface area contributed by atoms with Gasteiger partial charge < -0.3 is 10.2 Å². The summed E-state index contributed by atoms with van der Waals surface area (Å²) in [6.45, 7) is 5.24. The van der Waals surface area contributed by atoms with E-state index in [9.17, 15) is 18.0 Å². The number of likely N-dealkylation sites (N-methyl/N-ethyl adjacent to an activating group) is 1. The topological polar surface area (TPSA) is 95.6 Å². The molecule has 0 bridgehead atoms. The van der Waals surface area contributed by atoms with E-state index in [0.717, 1.165) is 11.1 Å². The molecule has 0 aromatic heterocycles. The molecule has 8 heteroatoms. The monoisotopic (exact) mass is 479 g/mol. The first-order chi connectivity index (χ1) is 16.1. The number of nitrogens with one attached hydrogen (secondary N) is 2. The molecular weight excluding hydrogens is 450 g/mol. The molecule has 3 aromatic rings. The molecule has 3 rings (SSSR count). The van der Waals surface area contributed by atoms with Crippen LogP contribution in [0.1, 0.15) is 41.4 Å². The molecule has 2 amide bonds. The van der Waals surface area contributed by atoms with Crippen molar-refractivity contribution in [2.45, 2.75) is 37.8 Å². The lowest BCUT2D eigenvalue weighted by Crippen LogP contribution is -2.46. The van der Waals surface area contributed by atoms with E-state index < -0.39 is 16.1 Å². The number of sulfonamides is 1. The molecule has 178 valence electrons. The molecule has 0 aliphatic heterocycles. The van der Waals surface area contributed by atoms with Gasteiger partial charge in [0.05, 0.1) is 17.0 Å². The Morgan fingerprint density at radius 3 is 2.18 bits per heavy atom. The molecule has 0 saturated carbocycles. The van der Waals surface area contributed by atoms with Gasteiger partial charge in [0.1, 0.15) is 0 Å². The second-order valence-corrected chi connectivity index (χ2v) is 9.94. The molecule has 2 unspecified atom stereocenters. The maximum atomic E-state index is 13.0. The van der Waals surface area contributed by atoms with Crippen molar-refractivity contribution < 1.29 is 18.0 Å². The molecule has 0 spiro atoms. The summed E-state index contributed by atoms with van der Waals surface area (Å²) < 4.78 is 27.8. The van der Waals surface area contributed by atoms with Gasteiger partial charge in [-0.05, 0) is 62.7 Å². The fraction of sp³-hybridized carbons (Fsp3) is 0.231. The van der Waals surface area contributed by atoms with Crippen molar-refractivity contribution in [3.63, 3.8) is 0 Å². The fourth-order valence-corrected chi connectivity index (χ4v) is 4.65. The van der Waals surface area contributed by atoms with Crippen molar-refractivity contribution in [3.05, 3.63) is 95.6 Å². The average molecular weight is 480 g/mol. The third-order valence-corrected chi connectivity index (χ3v) is 7.18. The quantitative estimate of drug-likeness (QED) is 0.508. The summed E-state index contributed by atoms with van der Waals surface area (Å²) in [5, 5.41) is 2.86. The number of anilines is 1. The van der Waals surface area contributed by atoms with Crippen LogP contribution in [0.5, 0.6) is 0 Å². The van der Waals surface area contributed by atoms with E-state index in [-0.39, 0.29) is 22.8 Å². The molecule has 3 aromatic carbocycles. The summed E-state index contributed by atoms with van der Waals surface area (Å²) in [6.07, 6.45) is 0. The Labute approximate surface area is 200 Å². The molecular formula is C26H29N3O4S. The van der Waals surface area contributed by atoms with Crippen LogP contribution < -0.4 is 10.0 Å². The van der Waals surface area contributed by atoms with Crippen molar-refractivity contribution in [1.82, 2.24) is 9.62 Å². The molecule has 0 heterocycles. The first kappa shape index (κ1) is 25.1. The van der Waals surface area contributed by atoms with E-state index in [0.29, 0.717) is 11.3 Å². The van der Waals surface area contributed by atoms with Gasteiger partial charge in [-0.15, -0.1) is 0 Å². The second kappa shape index (κ2) is 10.6. The van der Waals surface area contributed by atoms with E-state index in [1.165, 1.54) is 24.0 Å². The average Bonchev–Trinajstić information content (AvgIpc) is 2.83. The number of rotatable bonds is 8. The lowest BCUT2D eigenvalue weighted by atomic mass is 10.1. The van der Waals surface area contributed by atoms with Crippen LogP contribution in [0, 0.1) is 6.92 Å². The second-order valence-electron chi connectivity index (χ2n) is 8.23. The summed E-state index contributed by atoms with van der Waals surface area (Å²) in [5.74, 6) is -0.601. The maximum absolute atomic E-state index is 13.0.